The molecule has 1 aromatic rings. The van der Waals surface area contributed by atoms with Crippen molar-refractivity contribution in [3.05, 3.63) is 27.7 Å². The molecule has 0 unspecified atom stereocenters. The minimum Gasteiger partial charge on any atom is -0.325 e. The average molecular weight is 328 g/mol. The Bertz CT molecular complexity index is 518. The van der Waals surface area contributed by atoms with Crippen LogP contribution < -0.4 is 5.32 Å². The third-order valence-corrected chi connectivity index (χ3v) is 4.52. The van der Waals surface area contributed by atoms with E-state index in [0.29, 0.717) is 23.6 Å². The van der Waals surface area contributed by atoms with Crippen LogP contribution in [0.4, 0.5) is 5.69 Å². The third-order valence-electron chi connectivity index (χ3n) is 3.28. The maximum Gasteiger partial charge on any atom is 0.244 e. The number of nitriles is 1. The van der Waals surface area contributed by atoms with Crippen LogP contribution in [0, 0.1) is 16.7 Å². The van der Waals surface area contributed by atoms with Crippen molar-refractivity contribution >= 4 is 39.1 Å². The van der Waals surface area contributed by atoms with Crippen LogP contribution in [-0.4, -0.2) is 5.91 Å². The Morgan fingerprint density at radius 1 is 1.44 bits per heavy atom. The molecule has 1 saturated carbocycles. The van der Waals surface area contributed by atoms with Gasteiger partial charge < -0.3 is 5.32 Å². The third kappa shape index (κ3) is 2.52. The predicted molar refractivity (Wildman–Crippen MR) is 74.3 cm³/mol. The Hall–Kier alpha value is -1.05. The summed E-state index contributed by atoms with van der Waals surface area (Å²) in [5.41, 5.74) is -0.241. The molecular formula is C13H12BrClN2O. The number of benzene rings is 1. The van der Waals surface area contributed by atoms with E-state index in [0.717, 1.165) is 17.3 Å². The van der Waals surface area contributed by atoms with Gasteiger partial charge in [-0.3, -0.25) is 4.79 Å². The number of amides is 1. The molecule has 1 fully saturated rings. The van der Waals surface area contributed by atoms with Gasteiger partial charge in [-0.2, -0.15) is 5.26 Å². The highest BCUT2D eigenvalue weighted by molar-refractivity contribution is 9.10. The maximum absolute atomic E-state index is 12.2. The number of hydrogen-bond donors (Lipinski definition) is 1. The lowest BCUT2D eigenvalue weighted by atomic mass is 9.87. The SMILES string of the molecule is N#CC1(C(=O)Nc2ccc(Br)c(Cl)c2)CCCC1. The van der Waals surface area contributed by atoms with Crippen LogP contribution in [0.3, 0.4) is 0 Å². The molecular weight excluding hydrogens is 316 g/mol. The van der Waals surface area contributed by atoms with Crippen LogP contribution in [0.5, 0.6) is 0 Å². The van der Waals surface area contributed by atoms with E-state index >= 15 is 0 Å². The molecule has 2 rings (SSSR count). The zero-order valence-corrected chi connectivity index (χ0v) is 12.0. The number of halogens is 2. The molecule has 0 heterocycles. The molecule has 1 aliphatic rings. The number of nitrogens with zero attached hydrogens (tertiary/aromatic N) is 1. The summed E-state index contributed by atoms with van der Waals surface area (Å²) >= 11 is 9.25. The van der Waals surface area contributed by atoms with Crippen LogP contribution in [0.15, 0.2) is 22.7 Å². The number of hydrogen-bond acceptors (Lipinski definition) is 2. The molecule has 1 N–H and O–H groups in total. The van der Waals surface area contributed by atoms with Gasteiger partial charge in [0.1, 0.15) is 5.41 Å². The topological polar surface area (TPSA) is 52.9 Å². The number of rotatable bonds is 2. The van der Waals surface area contributed by atoms with Crippen LogP contribution >= 0.6 is 27.5 Å². The molecule has 0 atom stereocenters. The molecule has 3 nitrogen and oxygen atoms in total. The van der Waals surface area contributed by atoms with Crippen molar-refractivity contribution in [2.75, 3.05) is 5.32 Å². The average Bonchev–Trinajstić information content (AvgIpc) is 2.84. The van der Waals surface area contributed by atoms with Crippen molar-refractivity contribution in [1.82, 2.24) is 0 Å². The van der Waals surface area contributed by atoms with Gasteiger partial charge in [-0.1, -0.05) is 24.4 Å². The second-order valence-corrected chi connectivity index (χ2v) is 5.75. The fraction of sp³-hybridized carbons (Fsp3) is 0.385. The predicted octanol–water partition coefficient (Wildman–Crippen LogP) is 4.12. The van der Waals surface area contributed by atoms with E-state index < -0.39 is 5.41 Å². The highest BCUT2D eigenvalue weighted by Gasteiger charge is 2.41. The summed E-state index contributed by atoms with van der Waals surface area (Å²) in [7, 11) is 0. The van der Waals surface area contributed by atoms with Gasteiger partial charge in [-0.15, -0.1) is 0 Å². The maximum atomic E-state index is 12.2. The van der Waals surface area contributed by atoms with Gasteiger partial charge in [0.25, 0.3) is 0 Å². The Kier molecular flexibility index (Phi) is 3.94. The summed E-state index contributed by atoms with van der Waals surface area (Å²) in [6, 6.07) is 7.37. The first-order chi connectivity index (χ1) is 8.57. The molecule has 0 aromatic heterocycles. The van der Waals surface area contributed by atoms with Crippen molar-refractivity contribution in [2.24, 2.45) is 5.41 Å². The molecule has 0 aliphatic heterocycles. The Morgan fingerprint density at radius 3 is 2.67 bits per heavy atom. The zero-order chi connectivity index (χ0) is 13.2. The van der Waals surface area contributed by atoms with Gasteiger partial charge in [-0.25, -0.2) is 0 Å². The van der Waals surface area contributed by atoms with Crippen molar-refractivity contribution in [3.8, 4) is 6.07 Å². The summed E-state index contributed by atoms with van der Waals surface area (Å²) in [4.78, 5) is 12.2. The van der Waals surface area contributed by atoms with Crippen LogP contribution in [0.2, 0.25) is 5.02 Å². The minimum absolute atomic E-state index is 0.221. The van der Waals surface area contributed by atoms with Crippen LogP contribution in [0.25, 0.3) is 0 Å². The molecule has 0 spiro atoms. The molecule has 0 radical (unpaired) electrons. The number of carbonyl (C=O) groups is 1. The van der Waals surface area contributed by atoms with Crippen LogP contribution in [0.1, 0.15) is 25.7 Å². The molecule has 1 aromatic carbocycles. The van der Waals surface area contributed by atoms with Gasteiger partial charge in [0, 0.05) is 10.2 Å². The van der Waals surface area contributed by atoms with Crippen molar-refractivity contribution in [3.63, 3.8) is 0 Å². The molecule has 18 heavy (non-hydrogen) atoms. The van der Waals surface area contributed by atoms with Gasteiger partial charge in [-0.05, 0) is 47.0 Å². The first-order valence-electron chi connectivity index (χ1n) is 5.75. The van der Waals surface area contributed by atoms with E-state index in [9.17, 15) is 10.1 Å². The number of anilines is 1. The Balaban J connectivity index is 2.16. The zero-order valence-electron chi connectivity index (χ0n) is 9.67. The van der Waals surface area contributed by atoms with E-state index in [2.05, 4.69) is 27.3 Å². The number of nitrogens with one attached hydrogen (secondary N) is 1. The summed E-state index contributed by atoms with van der Waals surface area (Å²) in [6.45, 7) is 0. The Labute approximate surface area is 119 Å². The number of carbonyl (C=O) groups excluding carboxylic acids is 1. The lowest BCUT2D eigenvalue weighted by Gasteiger charge is -2.19. The summed E-state index contributed by atoms with van der Waals surface area (Å²) in [5.74, 6) is -0.221. The van der Waals surface area contributed by atoms with Gasteiger partial charge in [0.05, 0.1) is 11.1 Å². The van der Waals surface area contributed by atoms with Gasteiger partial charge in [0.15, 0.2) is 0 Å². The normalized spacial score (nSPS) is 17.2. The van der Waals surface area contributed by atoms with E-state index in [1.165, 1.54) is 0 Å². The van der Waals surface area contributed by atoms with E-state index in [4.69, 9.17) is 11.6 Å². The highest BCUT2D eigenvalue weighted by atomic mass is 79.9. The largest absolute Gasteiger partial charge is 0.325 e. The van der Waals surface area contributed by atoms with E-state index in [1.807, 2.05) is 0 Å². The van der Waals surface area contributed by atoms with Crippen LogP contribution in [-0.2, 0) is 4.79 Å². The fourth-order valence-corrected chi connectivity index (χ4v) is 2.62. The first kappa shape index (κ1) is 13.4. The second-order valence-electron chi connectivity index (χ2n) is 4.48. The first-order valence-corrected chi connectivity index (χ1v) is 6.92. The van der Waals surface area contributed by atoms with E-state index in [1.54, 1.807) is 18.2 Å². The Morgan fingerprint density at radius 2 is 2.11 bits per heavy atom. The lowest BCUT2D eigenvalue weighted by Crippen LogP contribution is -2.32. The smallest absolute Gasteiger partial charge is 0.244 e. The molecule has 5 heteroatoms. The lowest BCUT2D eigenvalue weighted by molar-refractivity contribution is -0.122. The van der Waals surface area contributed by atoms with E-state index in [-0.39, 0.29) is 5.91 Å². The fourth-order valence-electron chi connectivity index (χ4n) is 2.19. The van der Waals surface area contributed by atoms with Gasteiger partial charge >= 0.3 is 0 Å². The highest BCUT2D eigenvalue weighted by Crippen LogP contribution is 2.38. The molecule has 94 valence electrons. The molecule has 1 amide bonds. The van der Waals surface area contributed by atoms with Crippen molar-refractivity contribution in [2.45, 2.75) is 25.7 Å². The second kappa shape index (κ2) is 5.29. The summed E-state index contributed by atoms with van der Waals surface area (Å²) in [6.07, 6.45) is 3.14. The summed E-state index contributed by atoms with van der Waals surface area (Å²) < 4.78 is 0.776. The van der Waals surface area contributed by atoms with Crippen molar-refractivity contribution in [1.29, 1.82) is 5.26 Å². The minimum atomic E-state index is -0.862. The summed E-state index contributed by atoms with van der Waals surface area (Å²) in [5, 5.41) is 12.5. The monoisotopic (exact) mass is 326 g/mol. The molecule has 0 bridgehead atoms. The van der Waals surface area contributed by atoms with Gasteiger partial charge in [0.2, 0.25) is 5.91 Å². The molecule has 1 aliphatic carbocycles. The standard InChI is InChI=1S/C13H12BrClN2O/c14-10-4-3-9(7-11(10)15)17-12(18)13(8-16)5-1-2-6-13/h3-4,7H,1-2,5-6H2,(H,17,18). The molecule has 0 saturated heterocycles. The quantitative estimate of drug-likeness (QED) is 0.888. The van der Waals surface area contributed by atoms with Crippen molar-refractivity contribution < 1.29 is 4.79 Å².